The Morgan fingerprint density at radius 2 is 2.17 bits per heavy atom. The Kier molecular flexibility index (Phi) is 5.01. The summed E-state index contributed by atoms with van der Waals surface area (Å²) in [5.74, 6) is -0.824. The summed E-state index contributed by atoms with van der Waals surface area (Å²) in [5, 5.41) is 8.97. The minimum atomic E-state index is -3.90. The van der Waals surface area contributed by atoms with E-state index in [1.54, 1.807) is 6.92 Å². The van der Waals surface area contributed by atoms with Crippen LogP contribution >= 0.6 is 0 Å². The Morgan fingerprint density at radius 1 is 1.50 bits per heavy atom. The van der Waals surface area contributed by atoms with Crippen LogP contribution < -0.4 is 0 Å². The summed E-state index contributed by atoms with van der Waals surface area (Å²) in [6, 6.07) is 3.54. The van der Waals surface area contributed by atoms with E-state index in [1.807, 2.05) is 0 Å². The Bertz CT molecular complexity index is 528. The molecule has 0 fully saturated rings. The highest BCUT2D eigenvalue weighted by atomic mass is 32.2. The maximum absolute atomic E-state index is 13.6. The molecule has 0 aliphatic heterocycles. The van der Waals surface area contributed by atoms with Gasteiger partial charge >= 0.3 is 0 Å². The second-order valence-corrected chi connectivity index (χ2v) is 5.57. The maximum Gasteiger partial charge on any atom is 0.246 e. The van der Waals surface area contributed by atoms with Gasteiger partial charge < -0.3 is 5.11 Å². The van der Waals surface area contributed by atoms with Gasteiger partial charge in [-0.15, -0.1) is 6.58 Å². The van der Waals surface area contributed by atoms with Crippen molar-refractivity contribution in [3.63, 3.8) is 0 Å². The van der Waals surface area contributed by atoms with E-state index >= 15 is 0 Å². The number of sulfonamides is 1. The zero-order valence-electron chi connectivity index (χ0n) is 10.1. The lowest BCUT2D eigenvalue weighted by atomic mass is 10.2. The van der Waals surface area contributed by atoms with Gasteiger partial charge in [0.1, 0.15) is 10.7 Å². The van der Waals surface area contributed by atoms with Crippen LogP contribution in [-0.2, 0) is 16.6 Å². The van der Waals surface area contributed by atoms with E-state index in [2.05, 4.69) is 6.58 Å². The molecule has 0 aliphatic rings. The number of hydrogen-bond donors (Lipinski definition) is 1. The molecular weight excluding hydrogens is 257 g/mol. The fraction of sp³-hybridized carbons (Fsp3) is 0.333. The Morgan fingerprint density at radius 3 is 2.67 bits per heavy atom. The first-order valence-electron chi connectivity index (χ1n) is 5.47. The number of nitrogens with zero attached hydrogens (tertiary/aromatic N) is 1. The first-order valence-corrected chi connectivity index (χ1v) is 6.91. The molecule has 0 amide bonds. The molecule has 100 valence electrons. The van der Waals surface area contributed by atoms with Gasteiger partial charge in [0.05, 0.1) is 6.61 Å². The first-order chi connectivity index (χ1) is 8.47. The minimum Gasteiger partial charge on any atom is -0.392 e. The van der Waals surface area contributed by atoms with Crippen molar-refractivity contribution in [2.24, 2.45) is 0 Å². The average molecular weight is 273 g/mol. The number of aliphatic hydroxyl groups is 1. The second kappa shape index (κ2) is 6.08. The summed E-state index contributed by atoms with van der Waals surface area (Å²) in [4.78, 5) is -0.419. The van der Waals surface area contributed by atoms with Crippen molar-refractivity contribution in [3.05, 3.63) is 42.2 Å². The molecule has 1 aromatic carbocycles. The Balaban J connectivity index is 3.30. The van der Waals surface area contributed by atoms with Gasteiger partial charge in [-0.1, -0.05) is 19.1 Å². The smallest absolute Gasteiger partial charge is 0.246 e. The van der Waals surface area contributed by atoms with Crippen LogP contribution in [0, 0.1) is 5.82 Å². The van der Waals surface area contributed by atoms with E-state index in [-0.39, 0.29) is 19.7 Å². The van der Waals surface area contributed by atoms with Gasteiger partial charge in [0, 0.05) is 13.1 Å². The van der Waals surface area contributed by atoms with Crippen molar-refractivity contribution in [1.82, 2.24) is 4.31 Å². The van der Waals surface area contributed by atoms with Gasteiger partial charge in [-0.3, -0.25) is 0 Å². The lowest BCUT2D eigenvalue weighted by Gasteiger charge is -2.19. The van der Waals surface area contributed by atoms with Gasteiger partial charge in [0.2, 0.25) is 10.0 Å². The van der Waals surface area contributed by atoms with E-state index in [9.17, 15) is 12.8 Å². The lowest BCUT2D eigenvalue weighted by molar-refractivity contribution is 0.281. The summed E-state index contributed by atoms with van der Waals surface area (Å²) in [6.45, 7) is 5.13. The SMILES string of the molecule is C=CCN(CC)S(=O)(=O)c1cc(CO)ccc1F. The third-order valence-electron chi connectivity index (χ3n) is 2.48. The average Bonchev–Trinajstić information content (AvgIpc) is 2.36. The molecule has 6 heteroatoms. The summed E-state index contributed by atoms with van der Waals surface area (Å²) >= 11 is 0. The zero-order valence-corrected chi connectivity index (χ0v) is 11.0. The third-order valence-corrected chi connectivity index (χ3v) is 4.44. The Hall–Kier alpha value is -1.24. The second-order valence-electron chi connectivity index (χ2n) is 3.67. The van der Waals surface area contributed by atoms with E-state index in [0.717, 1.165) is 16.4 Å². The van der Waals surface area contributed by atoms with Crippen LogP contribution in [0.2, 0.25) is 0 Å². The van der Waals surface area contributed by atoms with Crippen molar-refractivity contribution >= 4 is 10.0 Å². The van der Waals surface area contributed by atoms with E-state index in [1.165, 1.54) is 12.1 Å². The van der Waals surface area contributed by atoms with Crippen molar-refractivity contribution in [2.45, 2.75) is 18.4 Å². The maximum atomic E-state index is 13.6. The fourth-order valence-electron chi connectivity index (χ4n) is 1.52. The molecule has 0 unspecified atom stereocenters. The molecule has 0 heterocycles. The summed E-state index contributed by atoms with van der Waals surface area (Å²) in [5.41, 5.74) is 0.352. The van der Waals surface area contributed by atoms with Crippen LogP contribution in [0.4, 0.5) is 4.39 Å². The molecule has 0 bridgehead atoms. The Labute approximate surface area is 106 Å². The van der Waals surface area contributed by atoms with Crippen molar-refractivity contribution in [3.8, 4) is 0 Å². The van der Waals surface area contributed by atoms with Gasteiger partial charge in [0.15, 0.2) is 0 Å². The van der Waals surface area contributed by atoms with Gasteiger partial charge in [-0.05, 0) is 17.7 Å². The number of hydrogen-bond acceptors (Lipinski definition) is 3. The molecule has 1 N–H and O–H groups in total. The van der Waals surface area contributed by atoms with Crippen LogP contribution in [0.25, 0.3) is 0 Å². The molecule has 0 aliphatic carbocycles. The van der Waals surface area contributed by atoms with Crippen molar-refractivity contribution < 1.29 is 17.9 Å². The first kappa shape index (κ1) is 14.8. The normalized spacial score (nSPS) is 11.8. The van der Waals surface area contributed by atoms with Gasteiger partial charge in [0.25, 0.3) is 0 Å². The van der Waals surface area contributed by atoms with E-state index < -0.39 is 20.7 Å². The van der Waals surface area contributed by atoms with Crippen LogP contribution in [0.1, 0.15) is 12.5 Å². The molecule has 0 atom stereocenters. The van der Waals surface area contributed by atoms with Crippen LogP contribution in [0.5, 0.6) is 0 Å². The predicted molar refractivity (Wildman–Crippen MR) is 67.0 cm³/mol. The molecule has 4 nitrogen and oxygen atoms in total. The van der Waals surface area contributed by atoms with E-state index in [4.69, 9.17) is 5.11 Å². The number of aliphatic hydroxyl groups excluding tert-OH is 1. The van der Waals surface area contributed by atoms with E-state index in [0.29, 0.717) is 5.56 Å². The molecular formula is C12H16FNO3S. The number of rotatable bonds is 6. The number of benzene rings is 1. The van der Waals surface area contributed by atoms with Crippen LogP contribution in [0.3, 0.4) is 0 Å². The third kappa shape index (κ3) is 2.95. The predicted octanol–water partition coefficient (Wildman–Crippen LogP) is 1.51. The van der Waals surface area contributed by atoms with Gasteiger partial charge in [-0.25, -0.2) is 12.8 Å². The largest absolute Gasteiger partial charge is 0.392 e. The highest BCUT2D eigenvalue weighted by Gasteiger charge is 2.25. The molecule has 0 saturated carbocycles. The molecule has 0 aromatic heterocycles. The highest BCUT2D eigenvalue weighted by Crippen LogP contribution is 2.20. The molecule has 0 spiro atoms. The fourth-order valence-corrected chi connectivity index (χ4v) is 3.06. The number of halogens is 1. The summed E-state index contributed by atoms with van der Waals surface area (Å²) < 4.78 is 39.1. The molecule has 1 aromatic rings. The molecule has 0 saturated heterocycles. The standard InChI is InChI=1S/C12H16FNO3S/c1-3-7-14(4-2)18(16,17)12-8-10(9-15)5-6-11(12)13/h3,5-6,8,15H,1,4,7,9H2,2H3. The molecule has 1 rings (SSSR count). The summed E-state index contributed by atoms with van der Waals surface area (Å²) in [7, 11) is -3.90. The van der Waals surface area contributed by atoms with Crippen molar-refractivity contribution in [2.75, 3.05) is 13.1 Å². The van der Waals surface area contributed by atoms with Crippen LogP contribution in [-0.4, -0.2) is 30.9 Å². The van der Waals surface area contributed by atoms with Crippen LogP contribution in [0.15, 0.2) is 35.7 Å². The highest BCUT2D eigenvalue weighted by molar-refractivity contribution is 7.89. The minimum absolute atomic E-state index is 0.113. The molecule has 18 heavy (non-hydrogen) atoms. The summed E-state index contributed by atoms with van der Waals surface area (Å²) in [6.07, 6.45) is 1.44. The topological polar surface area (TPSA) is 57.6 Å². The lowest BCUT2D eigenvalue weighted by Crippen LogP contribution is -2.31. The number of likely N-dealkylation sites (N-methyl/N-ethyl adjacent to an activating group) is 1. The monoisotopic (exact) mass is 273 g/mol. The quantitative estimate of drug-likeness (QED) is 0.799. The zero-order chi connectivity index (χ0) is 13.8. The van der Waals surface area contributed by atoms with Crippen molar-refractivity contribution in [1.29, 1.82) is 0 Å². The van der Waals surface area contributed by atoms with Gasteiger partial charge in [-0.2, -0.15) is 4.31 Å². The molecule has 0 radical (unpaired) electrons.